The molecule has 0 bridgehead atoms. The third-order valence-electron chi connectivity index (χ3n) is 2.62. The first-order valence-corrected chi connectivity index (χ1v) is 6.30. The van der Waals surface area contributed by atoms with E-state index in [2.05, 4.69) is 9.97 Å². The second kappa shape index (κ2) is 4.37. The van der Waals surface area contributed by atoms with Crippen LogP contribution in [-0.4, -0.2) is 16.0 Å². The van der Waals surface area contributed by atoms with Crippen LogP contribution in [0.3, 0.4) is 0 Å². The van der Waals surface area contributed by atoms with Crippen LogP contribution < -0.4 is 11.3 Å². The standard InChI is InChI=1S/C10H15N3OS/c1-2-6(11)3-9-12-8-5-15-4-7(8)10(14)13-9/h6H,2-5,11H2,1H3,(H,12,13,14). The monoisotopic (exact) mass is 225 g/mol. The van der Waals surface area contributed by atoms with E-state index in [4.69, 9.17) is 5.73 Å². The molecule has 0 spiro atoms. The van der Waals surface area contributed by atoms with Gasteiger partial charge in [0, 0.05) is 29.5 Å². The molecule has 0 saturated carbocycles. The van der Waals surface area contributed by atoms with Gasteiger partial charge >= 0.3 is 0 Å². The highest BCUT2D eigenvalue weighted by atomic mass is 32.2. The van der Waals surface area contributed by atoms with E-state index >= 15 is 0 Å². The SMILES string of the molecule is CCC(N)Cc1nc2c(c(=O)[nH]1)CSC2. The lowest BCUT2D eigenvalue weighted by Crippen LogP contribution is -2.26. The van der Waals surface area contributed by atoms with Gasteiger partial charge in [-0.1, -0.05) is 6.92 Å². The fourth-order valence-corrected chi connectivity index (χ4v) is 2.64. The van der Waals surface area contributed by atoms with Crippen LogP contribution in [0.2, 0.25) is 0 Å². The summed E-state index contributed by atoms with van der Waals surface area (Å²) in [6.07, 6.45) is 1.55. The van der Waals surface area contributed by atoms with E-state index < -0.39 is 0 Å². The third-order valence-corrected chi connectivity index (χ3v) is 3.59. The van der Waals surface area contributed by atoms with Gasteiger partial charge in [-0.25, -0.2) is 4.98 Å². The molecule has 5 heteroatoms. The van der Waals surface area contributed by atoms with Crippen molar-refractivity contribution in [2.75, 3.05) is 0 Å². The Bertz CT molecular complexity index is 416. The molecule has 4 nitrogen and oxygen atoms in total. The van der Waals surface area contributed by atoms with E-state index in [9.17, 15) is 4.79 Å². The highest BCUT2D eigenvalue weighted by Gasteiger charge is 2.17. The maximum atomic E-state index is 11.7. The molecule has 1 aliphatic rings. The van der Waals surface area contributed by atoms with Gasteiger partial charge in [0.1, 0.15) is 5.82 Å². The molecule has 0 amide bonds. The lowest BCUT2D eigenvalue weighted by atomic mass is 10.1. The van der Waals surface area contributed by atoms with E-state index in [0.29, 0.717) is 6.42 Å². The maximum Gasteiger partial charge on any atom is 0.255 e. The van der Waals surface area contributed by atoms with Gasteiger partial charge < -0.3 is 10.7 Å². The van der Waals surface area contributed by atoms with Crippen molar-refractivity contribution in [1.82, 2.24) is 9.97 Å². The number of thioether (sulfide) groups is 1. The molecule has 2 rings (SSSR count). The molecule has 1 atom stereocenters. The Morgan fingerprint density at radius 2 is 2.40 bits per heavy atom. The predicted octanol–water partition coefficient (Wildman–Crippen LogP) is 0.796. The average molecular weight is 225 g/mol. The summed E-state index contributed by atoms with van der Waals surface area (Å²) in [5.41, 5.74) is 7.64. The topological polar surface area (TPSA) is 71.8 Å². The van der Waals surface area contributed by atoms with Crippen molar-refractivity contribution in [2.45, 2.75) is 37.3 Å². The summed E-state index contributed by atoms with van der Waals surface area (Å²) in [5.74, 6) is 2.38. The van der Waals surface area contributed by atoms with Gasteiger partial charge in [-0.15, -0.1) is 0 Å². The Morgan fingerprint density at radius 3 is 3.13 bits per heavy atom. The first kappa shape index (κ1) is 10.7. The Labute approximate surface area is 92.7 Å². The van der Waals surface area contributed by atoms with Crippen LogP contribution in [0.5, 0.6) is 0 Å². The first-order chi connectivity index (χ1) is 7.20. The molecule has 2 heterocycles. The number of aromatic amines is 1. The molecule has 1 aliphatic heterocycles. The molecule has 15 heavy (non-hydrogen) atoms. The van der Waals surface area contributed by atoms with Gasteiger partial charge in [0.2, 0.25) is 0 Å². The van der Waals surface area contributed by atoms with Crippen LogP contribution in [0.4, 0.5) is 0 Å². The minimum Gasteiger partial charge on any atom is -0.327 e. The number of nitrogens with one attached hydrogen (secondary N) is 1. The number of fused-ring (bicyclic) bond motifs is 1. The Morgan fingerprint density at radius 1 is 1.60 bits per heavy atom. The minimum absolute atomic E-state index is 0.0169. The van der Waals surface area contributed by atoms with Crippen LogP contribution in [0.1, 0.15) is 30.4 Å². The number of hydrogen-bond acceptors (Lipinski definition) is 4. The van der Waals surface area contributed by atoms with Crippen molar-refractivity contribution < 1.29 is 0 Å². The van der Waals surface area contributed by atoms with Crippen molar-refractivity contribution in [3.8, 4) is 0 Å². The smallest absolute Gasteiger partial charge is 0.255 e. The second-order valence-electron chi connectivity index (χ2n) is 3.80. The zero-order valence-electron chi connectivity index (χ0n) is 8.75. The van der Waals surface area contributed by atoms with Crippen LogP contribution in [0.25, 0.3) is 0 Å². The molecule has 1 aromatic heterocycles. The molecule has 0 aliphatic carbocycles. The fraction of sp³-hybridized carbons (Fsp3) is 0.600. The summed E-state index contributed by atoms with van der Waals surface area (Å²) in [4.78, 5) is 18.9. The molecule has 0 radical (unpaired) electrons. The summed E-state index contributed by atoms with van der Waals surface area (Å²) in [6.45, 7) is 2.03. The van der Waals surface area contributed by atoms with Gasteiger partial charge in [-0.2, -0.15) is 11.8 Å². The van der Waals surface area contributed by atoms with Gasteiger partial charge in [-0.3, -0.25) is 4.79 Å². The number of aromatic nitrogens is 2. The Kier molecular flexibility index (Phi) is 3.11. The number of nitrogens with zero attached hydrogens (tertiary/aromatic N) is 1. The normalized spacial score (nSPS) is 16.4. The lowest BCUT2D eigenvalue weighted by Gasteiger charge is -2.08. The number of rotatable bonds is 3. The molecule has 82 valence electrons. The number of nitrogens with two attached hydrogens (primary N) is 1. The van der Waals surface area contributed by atoms with Gasteiger partial charge in [0.05, 0.1) is 5.69 Å². The van der Waals surface area contributed by atoms with Crippen LogP contribution in [0, 0.1) is 0 Å². The number of H-pyrrole nitrogens is 1. The summed E-state index contributed by atoms with van der Waals surface area (Å²) < 4.78 is 0. The zero-order chi connectivity index (χ0) is 10.8. The molecule has 0 fully saturated rings. The molecular weight excluding hydrogens is 210 g/mol. The second-order valence-corrected chi connectivity index (χ2v) is 4.79. The van der Waals surface area contributed by atoms with Crippen molar-refractivity contribution in [1.29, 1.82) is 0 Å². The van der Waals surface area contributed by atoms with Crippen molar-refractivity contribution >= 4 is 11.8 Å². The van der Waals surface area contributed by atoms with Crippen LogP contribution >= 0.6 is 11.8 Å². The van der Waals surface area contributed by atoms with Crippen LogP contribution in [0.15, 0.2) is 4.79 Å². The van der Waals surface area contributed by atoms with Crippen molar-refractivity contribution in [3.05, 3.63) is 27.4 Å². The summed E-state index contributed by atoms with van der Waals surface area (Å²) in [5, 5.41) is 0. The van der Waals surface area contributed by atoms with Gasteiger partial charge in [0.15, 0.2) is 0 Å². The van der Waals surface area contributed by atoms with Gasteiger partial charge in [-0.05, 0) is 6.42 Å². The Balaban J connectivity index is 2.28. The minimum atomic E-state index is 0.0169. The van der Waals surface area contributed by atoms with E-state index in [0.717, 1.165) is 35.0 Å². The van der Waals surface area contributed by atoms with Crippen molar-refractivity contribution in [3.63, 3.8) is 0 Å². The number of hydrogen-bond donors (Lipinski definition) is 2. The molecule has 0 saturated heterocycles. The van der Waals surface area contributed by atoms with E-state index in [1.807, 2.05) is 6.92 Å². The van der Waals surface area contributed by atoms with Crippen molar-refractivity contribution in [2.24, 2.45) is 5.73 Å². The molecule has 0 aromatic carbocycles. The largest absolute Gasteiger partial charge is 0.327 e. The highest BCUT2D eigenvalue weighted by molar-refractivity contribution is 7.98. The quantitative estimate of drug-likeness (QED) is 0.798. The molecule has 1 unspecified atom stereocenters. The Hall–Kier alpha value is -0.810. The first-order valence-electron chi connectivity index (χ1n) is 5.15. The molecular formula is C10H15N3OS. The van der Waals surface area contributed by atoms with E-state index in [-0.39, 0.29) is 11.6 Å². The predicted molar refractivity (Wildman–Crippen MR) is 61.8 cm³/mol. The van der Waals surface area contributed by atoms with Gasteiger partial charge in [0.25, 0.3) is 5.56 Å². The summed E-state index contributed by atoms with van der Waals surface area (Å²) in [7, 11) is 0. The fourth-order valence-electron chi connectivity index (χ4n) is 1.60. The highest BCUT2D eigenvalue weighted by Crippen LogP contribution is 2.25. The summed E-state index contributed by atoms with van der Waals surface area (Å²) >= 11 is 1.74. The maximum absolute atomic E-state index is 11.7. The lowest BCUT2D eigenvalue weighted by molar-refractivity contribution is 0.620. The van der Waals surface area contributed by atoms with E-state index in [1.165, 1.54) is 0 Å². The van der Waals surface area contributed by atoms with Crippen LogP contribution in [-0.2, 0) is 17.9 Å². The molecule has 3 N–H and O–H groups in total. The summed E-state index contributed by atoms with van der Waals surface area (Å²) in [6, 6.07) is 0.0836. The van der Waals surface area contributed by atoms with E-state index in [1.54, 1.807) is 11.8 Å². The molecule has 1 aromatic rings. The zero-order valence-corrected chi connectivity index (χ0v) is 9.56. The third kappa shape index (κ3) is 2.23. The average Bonchev–Trinajstić information content (AvgIpc) is 2.66.